The molecule has 2 N–H and O–H groups in total. The zero-order valence-electron chi connectivity index (χ0n) is 20.6. The van der Waals surface area contributed by atoms with E-state index in [4.69, 9.17) is 19.2 Å². The molecule has 1 aromatic rings. The highest BCUT2D eigenvalue weighted by atomic mass is 127. The van der Waals surface area contributed by atoms with Crippen molar-refractivity contribution in [2.75, 3.05) is 67.2 Å². The molecule has 33 heavy (non-hydrogen) atoms. The molecule has 1 aromatic carbocycles. The highest BCUT2D eigenvalue weighted by Gasteiger charge is 2.25. The monoisotopic (exact) mass is 575 g/mol. The van der Waals surface area contributed by atoms with Crippen molar-refractivity contribution in [1.82, 2.24) is 20.4 Å². The van der Waals surface area contributed by atoms with Crippen molar-refractivity contribution < 1.29 is 14.2 Å². The van der Waals surface area contributed by atoms with Crippen molar-refractivity contribution in [3.05, 3.63) is 23.8 Å². The van der Waals surface area contributed by atoms with E-state index >= 15 is 0 Å². The van der Waals surface area contributed by atoms with Crippen LogP contribution in [0.15, 0.2) is 23.2 Å². The topological polar surface area (TPSA) is 70.6 Å². The van der Waals surface area contributed by atoms with E-state index in [0.29, 0.717) is 12.1 Å². The Bertz CT molecular complexity index is 714. The van der Waals surface area contributed by atoms with E-state index < -0.39 is 0 Å². The molecule has 8 nitrogen and oxygen atoms in total. The largest absolute Gasteiger partial charge is 0.497 e. The van der Waals surface area contributed by atoms with Crippen LogP contribution in [0.3, 0.4) is 0 Å². The van der Waals surface area contributed by atoms with Crippen LogP contribution in [0.4, 0.5) is 0 Å². The van der Waals surface area contributed by atoms with E-state index in [2.05, 4.69) is 39.5 Å². The Morgan fingerprint density at radius 3 is 2.52 bits per heavy atom. The molecule has 2 atom stereocenters. The van der Waals surface area contributed by atoms with E-state index in [1.54, 1.807) is 21.3 Å². The molecule has 0 radical (unpaired) electrons. The Morgan fingerprint density at radius 2 is 1.85 bits per heavy atom. The summed E-state index contributed by atoms with van der Waals surface area (Å²) in [5.74, 6) is 2.60. The molecule has 2 aliphatic heterocycles. The van der Waals surface area contributed by atoms with Gasteiger partial charge >= 0.3 is 0 Å². The van der Waals surface area contributed by atoms with E-state index in [9.17, 15) is 0 Å². The van der Waals surface area contributed by atoms with Gasteiger partial charge in [-0.05, 0) is 50.4 Å². The van der Waals surface area contributed by atoms with Gasteiger partial charge in [0.05, 0.1) is 27.4 Å². The Labute approximate surface area is 216 Å². The number of methoxy groups -OCH3 is 3. The molecule has 2 unspecified atom stereocenters. The van der Waals surface area contributed by atoms with Crippen LogP contribution in [0.1, 0.15) is 31.7 Å². The summed E-state index contributed by atoms with van der Waals surface area (Å²) in [6.45, 7) is 9.69. The molecule has 3 rings (SSSR count). The Balaban J connectivity index is 0.00000385. The molecular formula is C24H42IN5O3. The first-order chi connectivity index (χ1) is 15.6. The van der Waals surface area contributed by atoms with Crippen LogP contribution in [0.25, 0.3) is 0 Å². The van der Waals surface area contributed by atoms with E-state index in [-0.39, 0.29) is 24.0 Å². The van der Waals surface area contributed by atoms with Gasteiger partial charge in [0.25, 0.3) is 0 Å². The van der Waals surface area contributed by atoms with Gasteiger partial charge in [0.1, 0.15) is 11.5 Å². The van der Waals surface area contributed by atoms with Crippen molar-refractivity contribution in [1.29, 1.82) is 0 Å². The fourth-order valence-electron chi connectivity index (χ4n) is 4.62. The van der Waals surface area contributed by atoms with Crippen LogP contribution in [0.5, 0.6) is 11.5 Å². The third-order valence-corrected chi connectivity index (χ3v) is 6.32. The number of guanidine groups is 1. The van der Waals surface area contributed by atoms with Gasteiger partial charge in [-0.1, -0.05) is 0 Å². The number of halogens is 1. The molecule has 0 aliphatic carbocycles. The molecule has 0 saturated carbocycles. The molecular weight excluding hydrogens is 533 g/mol. The lowest BCUT2D eigenvalue weighted by Crippen LogP contribution is -2.45. The smallest absolute Gasteiger partial charge is 0.191 e. The third kappa shape index (κ3) is 8.77. The molecule has 0 bridgehead atoms. The third-order valence-electron chi connectivity index (χ3n) is 6.32. The second-order valence-electron chi connectivity index (χ2n) is 8.63. The van der Waals surface area contributed by atoms with Crippen LogP contribution < -0.4 is 20.1 Å². The number of benzene rings is 1. The Kier molecular flexibility index (Phi) is 12.6. The standard InChI is InChI=1S/C24H41N5O3.HI/c1-5-25-24(26-16-21-7-6-9-29(21)11-12-30-2)27-20-8-10-28(18-20)17-19-13-22(31-3)15-23(14-19)32-4;/h13-15,20-21H,5-12,16-18H2,1-4H3,(H2,25,26,27);1H. The average Bonchev–Trinajstić information content (AvgIpc) is 3.44. The first-order valence-electron chi connectivity index (χ1n) is 11.9. The van der Waals surface area contributed by atoms with Crippen molar-refractivity contribution in [3.8, 4) is 11.5 Å². The average molecular weight is 576 g/mol. The van der Waals surface area contributed by atoms with Crippen LogP contribution in [0, 0.1) is 0 Å². The van der Waals surface area contributed by atoms with E-state index in [1.807, 2.05) is 6.07 Å². The lowest BCUT2D eigenvalue weighted by Gasteiger charge is -2.24. The molecule has 2 aliphatic rings. The van der Waals surface area contributed by atoms with Gasteiger partial charge in [0.2, 0.25) is 0 Å². The quantitative estimate of drug-likeness (QED) is 0.239. The van der Waals surface area contributed by atoms with Gasteiger partial charge < -0.3 is 24.8 Å². The summed E-state index contributed by atoms with van der Waals surface area (Å²) in [6.07, 6.45) is 3.57. The molecule has 0 spiro atoms. The minimum atomic E-state index is 0. The van der Waals surface area contributed by atoms with Crippen LogP contribution in [0.2, 0.25) is 0 Å². The first kappa shape index (κ1) is 27.9. The fourth-order valence-corrected chi connectivity index (χ4v) is 4.62. The maximum Gasteiger partial charge on any atom is 0.191 e. The van der Waals surface area contributed by atoms with Gasteiger partial charge in [-0.15, -0.1) is 24.0 Å². The molecule has 2 fully saturated rings. The van der Waals surface area contributed by atoms with Gasteiger partial charge in [-0.3, -0.25) is 14.8 Å². The molecule has 2 saturated heterocycles. The minimum absolute atomic E-state index is 0. The predicted molar refractivity (Wildman–Crippen MR) is 144 cm³/mol. The summed E-state index contributed by atoms with van der Waals surface area (Å²) in [5, 5.41) is 7.09. The number of likely N-dealkylation sites (tertiary alicyclic amines) is 2. The maximum absolute atomic E-state index is 5.42. The van der Waals surface area contributed by atoms with Gasteiger partial charge in [0, 0.05) is 58.0 Å². The second kappa shape index (κ2) is 14.9. The highest BCUT2D eigenvalue weighted by molar-refractivity contribution is 14.0. The molecule has 0 aromatic heterocycles. The SMILES string of the molecule is CCNC(=NCC1CCCN1CCOC)NC1CCN(Cc2cc(OC)cc(OC)c2)C1.I. The number of hydrogen-bond donors (Lipinski definition) is 2. The fraction of sp³-hybridized carbons (Fsp3) is 0.708. The second-order valence-corrected chi connectivity index (χ2v) is 8.63. The first-order valence-corrected chi connectivity index (χ1v) is 11.9. The minimum Gasteiger partial charge on any atom is -0.497 e. The summed E-state index contributed by atoms with van der Waals surface area (Å²) >= 11 is 0. The summed E-state index contributed by atoms with van der Waals surface area (Å²) in [6, 6.07) is 7.01. The molecule has 0 amide bonds. The lowest BCUT2D eigenvalue weighted by molar-refractivity contribution is 0.142. The van der Waals surface area contributed by atoms with Gasteiger partial charge in [0.15, 0.2) is 5.96 Å². The predicted octanol–water partition coefficient (Wildman–Crippen LogP) is 2.56. The Morgan fingerprint density at radius 1 is 1.09 bits per heavy atom. The van der Waals surface area contributed by atoms with Gasteiger partial charge in [-0.2, -0.15) is 0 Å². The number of hydrogen-bond acceptors (Lipinski definition) is 6. The molecule has 2 heterocycles. The van der Waals surface area contributed by atoms with Crippen molar-refractivity contribution in [2.24, 2.45) is 4.99 Å². The summed E-state index contributed by atoms with van der Waals surface area (Å²) in [5.41, 5.74) is 1.21. The zero-order valence-corrected chi connectivity index (χ0v) is 23.0. The summed E-state index contributed by atoms with van der Waals surface area (Å²) in [4.78, 5) is 9.91. The zero-order chi connectivity index (χ0) is 22.8. The maximum atomic E-state index is 5.42. The van der Waals surface area contributed by atoms with Crippen molar-refractivity contribution in [3.63, 3.8) is 0 Å². The summed E-state index contributed by atoms with van der Waals surface area (Å²) < 4.78 is 16.1. The van der Waals surface area contributed by atoms with Crippen molar-refractivity contribution >= 4 is 29.9 Å². The van der Waals surface area contributed by atoms with Crippen LogP contribution in [-0.2, 0) is 11.3 Å². The number of nitrogens with zero attached hydrogens (tertiary/aromatic N) is 3. The number of ether oxygens (including phenoxy) is 3. The number of nitrogens with one attached hydrogen (secondary N) is 2. The molecule has 9 heteroatoms. The van der Waals surface area contributed by atoms with E-state index in [1.165, 1.54) is 18.4 Å². The number of aliphatic imine (C=N–C) groups is 1. The number of rotatable bonds is 11. The van der Waals surface area contributed by atoms with Crippen LogP contribution in [-0.4, -0.2) is 95.0 Å². The summed E-state index contributed by atoms with van der Waals surface area (Å²) in [7, 11) is 5.16. The highest BCUT2D eigenvalue weighted by Crippen LogP contribution is 2.24. The normalized spacial score (nSPS) is 21.6. The van der Waals surface area contributed by atoms with Gasteiger partial charge in [-0.25, -0.2) is 0 Å². The lowest BCUT2D eigenvalue weighted by atomic mass is 10.2. The molecule has 188 valence electrons. The van der Waals surface area contributed by atoms with Crippen molar-refractivity contribution in [2.45, 2.75) is 44.8 Å². The Hall–Kier alpha value is -1.30. The van der Waals surface area contributed by atoms with E-state index in [0.717, 1.165) is 76.3 Å². The van der Waals surface area contributed by atoms with Crippen LogP contribution >= 0.6 is 24.0 Å².